The van der Waals surface area contributed by atoms with Crippen LogP contribution in [0.2, 0.25) is 0 Å². The zero-order chi connectivity index (χ0) is 8.16. The lowest BCUT2D eigenvalue weighted by Crippen LogP contribution is -2.42. The van der Waals surface area contributed by atoms with Crippen LogP contribution in [0.3, 0.4) is 0 Å². The van der Waals surface area contributed by atoms with Gasteiger partial charge in [-0.2, -0.15) is 0 Å². The van der Waals surface area contributed by atoms with Crippen LogP contribution in [0.5, 0.6) is 0 Å². The molecule has 0 saturated heterocycles. The fourth-order valence-corrected chi connectivity index (χ4v) is 1.79. The number of hydroxylamine groups is 1. The Labute approximate surface area is 67.7 Å². The molecule has 1 aliphatic carbocycles. The predicted octanol–water partition coefficient (Wildman–Crippen LogP) is 1.31. The van der Waals surface area contributed by atoms with Crippen LogP contribution in [0.25, 0.3) is 0 Å². The van der Waals surface area contributed by atoms with Crippen LogP contribution in [0.15, 0.2) is 0 Å². The van der Waals surface area contributed by atoms with Gasteiger partial charge in [-0.15, -0.1) is 0 Å². The van der Waals surface area contributed by atoms with Crippen molar-refractivity contribution in [2.24, 2.45) is 0 Å². The van der Waals surface area contributed by atoms with Gasteiger partial charge in [-0.05, 0) is 12.8 Å². The maximum Gasteiger partial charge on any atom is 0.0825 e. The molecule has 0 aromatic heterocycles. The van der Waals surface area contributed by atoms with E-state index < -0.39 is 0 Å². The van der Waals surface area contributed by atoms with E-state index >= 15 is 0 Å². The van der Waals surface area contributed by atoms with Crippen molar-refractivity contribution in [1.29, 1.82) is 0 Å². The first-order chi connectivity index (χ1) is 5.33. The number of rotatable bonds is 3. The van der Waals surface area contributed by atoms with Crippen LogP contribution in [0.4, 0.5) is 0 Å². The Hall–Kier alpha value is -0.120. The van der Waals surface area contributed by atoms with Gasteiger partial charge in [0.2, 0.25) is 0 Å². The molecule has 0 heterocycles. The third kappa shape index (κ3) is 2.15. The van der Waals surface area contributed by atoms with E-state index in [1.54, 1.807) is 7.11 Å². The van der Waals surface area contributed by atoms with Crippen LogP contribution in [0.1, 0.15) is 32.1 Å². The molecular formula is C8H17NO2. The van der Waals surface area contributed by atoms with Crippen molar-refractivity contribution in [2.75, 3.05) is 13.7 Å². The molecule has 3 nitrogen and oxygen atoms in total. The number of methoxy groups -OCH3 is 1. The van der Waals surface area contributed by atoms with E-state index in [0.29, 0.717) is 6.54 Å². The topological polar surface area (TPSA) is 41.5 Å². The summed E-state index contributed by atoms with van der Waals surface area (Å²) in [7, 11) is 1.72. The minimum atomic E-state index is -0.0903. The normalized spacial score (nSPS) is 23.5. The minimum Gasteiger partial charge on any atom is -0.377 e. The molecule has 1 aliphatic rings. The lowest BCUT2D eigenvalue weighted by atomic mass is 9.85. The highest BCUT2D eigenvalue weighted by molar-refractivity contribution is 4.84. The van der Waals surface area contributed by atoms with Crippen LogP contribution in [0, 0.1) is 0 Å². The molecule has 11 heavy (non-hydrogen) atoms. The largest absolute Gasteiger partial charge is 0.377 e. The van der Waals surface area contributed by atoms with E-state index in [-0.39, 0.29) is 5.60 Å². The summed E-state index contributed by atoms with van der Waals surface area (Å²) in [5, 5.41) is 8.58. The Balaban J connectivity index is 2.42. The van der Waals surface area contributed by atoms with Gasteiger partial charge in [0.25, 0.3) is 0 Å². The van der Waals surface area contributed by atoms with Crippen molar-refractivity contribution < 1.29 is 9.94 Å². The molecule has 1 saturated carbocycles. The molecule has 1 fully saturated rings. The number of hydrogen-bond acceptors (Lipinski definition) is 3. The van der Waals surface area contributed by atoms with Crippen LogP contribution >= 0.6 is 0 Å². The van der Waals surface area contributed by atoms with Gasteiger partial charge >= 0.3 is 0 Å². The van der Waals surface area contributed by atoms with Crippen LogP contribution in [-0.4, -0.2) is 24.5 Å². The molecule has 0 aliphatic heterocycles. The van der Waals surface area contributed by atoms with Crippen molar-refractivity contribution in [3.63, 3.8) is 0 Å². The van der Waals surface area contributed by atoms with Crippen LogP contribution in [-0.2, 0) is 4.74 Å². The molecule has 0 aromatic rings. The summed E-state index contributed by atoms with van der Waals surface area (Å²) in [6.45, 7) is 0.559. The number of hydrogen-bond donors (Lipinski definition) is 2. The Morgan fingerprint density at radius 2 is 2.00 bits per heavy atom. The standard InChI is InChI=1S/C8H17NO2/c1-11-8(7-9-10)5-3-2-4-6-8/h9-10H,2-7H2,1H3. The second-order valence-electron chi connectivity index (χ2n) is 3.28. The second kappa shape index (κ2) is 4.04. The molecule has 0 unspecified atom stereocenters. The first kappa shape index (κ1) is 8.97. The highest BCUT2D eigenvalue weighted by Gasteiger charge is 2.31. The maximum absolute atomic E-state index is 8.58. The Kier molecular flexibility index (Phi) is 3.30. The van der Waals surface area contributed by atoms with Gasteiger partial charge in [0.1, 0.15) is 0 Å². The molecule has 0 bridgehead atoms. The van der Waals surface area contributed by atoms with Gasteiger partial charge in [0.15, 0.2) is 0 Å². The quantitative estimate of drug-likeness (QED) is 0.610. The van der Waals surface area contributed by atoms with Gasteiger partial charge in [-0.3, -0.25) is 0 Å². The van der Waals surface area contributed by atoms with Gasteiger partial charge in [0.05, 0.1) is 5.60 Å². The van der Waals surface area contributed by atoms with Crippen molar-refractivity contribution in [3.05, 3.63) is 0 Å². The lowest BCUT2D eigenvalue weighted by molar-refractivity contribution is -0.0586. The zero-order valence-corrected chi connectivity index (χ0v) is 7.10. The first-order valence-corrected chi connectivity index (χ1v) is 4.25. The molecule has 2 N–H and O–H groups in total. The zero-order valence-electron chi connectivity index (χ0n) is 7.10. The highest BCUT2D eigenvalue weighted by atomic mass is 16.5. The average Bonchev–Trinajstić information content (AvgIpc) is 2.07. The SMILES string of the molecule is COC1(CNO)CCCCC1. The van der Waals surface area contributed by atoms with Crippen molar-refractivity contribution in [2.45, 2.75) is 37.7 Å². The second-order valence-corrected chi connectivity index (χ2v) is 3.28. The van der Waals surface area contributed by atoms with E-state index in [0.717, 1.165) is 12.8 Å². The molecule has 1 rings (SSSR count). The molecular weight excluding hydrogens is 142 g/mol. The molecule has 3 heteroatoms. The van der Waals surface area contributed by atoms with Gasteiger partial charge < -0.3 is 9.94 Å². The molecule has 0 radical (unpaired) electrons. The first-order valence-electron chi connectivity index (χ1n) is 4.25. The number of nitrogens with one attached hydrogen (secondary N) is 1. The van der Waals surface area contributed by atoms with E-state index in [1.165, 1.54) is 19.3 Å². The summed E-state index contributed by atoms with van der Waals surface area (Å²) >= 11 is 0. The average molecular weight is 159 g/mol. The minimum absolute atomic E-state index is 0.0903. The highest BCUT2D eigenvalue weighted by Crippen LogP contribution is 2.30. The Bertz CT molecular complexity index is 105. The van der Waals surface area contributed by atoms with Gasteiger partial charge in [0, 0.05) is 13.7 Å². The Morgan fingerprint density at radius 3 is 2.45 bits per heavy atom. The third-order valence-electron chi connectivity index (χ3n) is 2.60. The maximum atomic E-state index is 8.58. The molecule has 0 amide bonds. The summed E-state index contributed by atoms with van der Waals surface area (Å²) in [4.78, 5) is 0. The van der Waals surface area contributed by atoms with Crippen LogP contribution < -0.4 is 5.48 Å². The van der Waals surface area contributed by atoms with Crippen molar-refractivity contribution in [1.82, 2.24) is 5.48 Å². The third-order valence-corrected chi connectivity index (χ3v) is 2.60. The van der Waals surface area contributed by atoms with E-state index in [2.05, 4.69) is 5.48 Å². The summed E-state index contributed by atoms with van der Waals surface area (Å²) < 4.78 is 5.40. The van der Waals surface area contributed by atoms with Crippen molar-refractivity contribution >= 4 is 0 Å². The fourth-order valence-electron chi connectivity index (χ4n) is 1.79. The summed E-state index contributed by atoms with van der Waals surface area (Å²) in [6.07, 6.45) is 5.87. The van der Waals surface area contributed by atoms with Gasteiger partial charge in [-0.1, -0.05) is 19.3 Å². The molecule has 0 aromatic carbocycles. The van der Waals surface area contributed by atoms with Gasteiger partial charge in [-0.25, -0.2) is 5.48 Å². The smallest absolute Gasteiger partial charge is 0.0825 e. The molecule has 66 valence electrons. The van der Waals surface area contributed by atoms with E-state index in [1.807, 2.05) is 0 Å². The fraction of sp³-hybridized carbons (Fsp3) is 1.00. The van der Waals surface area contributed by atoms with E-state index in [4.69, 9.17) is 9.94 Å². The van der Waals surface area contributed by atoms with Crippen molar-refractivity contribution in [3.8, 4) is 0 Å². The summed E-state index contributed by atoms with van der Waals surface area (Å²) in [6, 6.07) is 0. The summed E-state index contributed by atoms with van der Waals surface area (Å²) in [5.74, 6) is 0. The molecule has 0 spiro atoms. The number of ether oxygens (including phenoxy) is 1. The lowest BCUT2D eigenvalue weighted by Gasteiger charge is -2.35. The van der Waals surface area contributed by atoms with E-state index in [9.17, 15) is 0 Å². The predicted molar refractivity (Wildman–Crippen MR) is 42.6 cm³/mol. The monoisotopic (exact) mass is 159 g/mol. The molecule has 0 atom stereocenters. The summed E-state index contributed by atoms with van der Waals surface area (Å²) in [5.41, 5.74) is 2.11. The Morgan fingerprint density at radius 1 is 1.36 bits per heavy atom.